The van der Waals surface area contributed by atoms with Crippen molar-refractivity contribution in [1.82, 2.24) is 9.97 Å². The maximum Gasteiger partial charge on any atom is 0.258 e. The zero-order chi connectivity index (χ0) is 12.0. The molecule has 3 rings (SSSR count). The van der Waals surface area contributed by atoms with E-state index in [4.69, 9.17) is 5.73 Å². The molecule has 0 spiro atoms. The fourth-order valence-corrected chi connectivity index (χ4v) is 2.57. The molecule has 0 aliphatic carbocycles. The highest BCUT2D eigenvalue weighted by Crippen LogP contribution is 2.34. The number of rotatable bonds is 1. The highest BCUT2D eigenvalue weighted by atomic mass is 32.1. The summed E-state index contributed by atoms with van der Waals surface area (Å²) in [7, 11) is 0. The highest BCUT2D eigenvalue weighted by Gasteiger charge is 2.33. The van der Waals surface area contributed by atoms with Crippen LogP contribution >= 0.6 is 11.3 Å². The normalized spacial score (nSPS) is 14.1. The van der Waals surface area contributed by atoms with E-state index in [1.807, 2.05) is 11.4 Å². The molecule has 0 unspecified atom stereocenters. The van der Waals surface area contributed by atoms with Crippen molar-refractivity contribution in [3.05, 3.63) is 33.4 Å². The monoisotopic (exact) mass is 248 g/mol. The first-order chi connectivity index (χ1) is 8.16. The predicted octanol–water partition coefficient (Wildman–Crippen LogP) is 0.634. The highest BCUT2D eigenvalue weighted by molar-refractivity contribution is 7.14. The van der Waals surface area contributed by atoms with Crippen LogP contribution in [-0.2, 0) is 11.2 Å². The van der Waals surface area contributed by atoms with Crippen LogP contribution in [0, 0.1) is 0 Å². The van der Waals surface area contributed by atoms with E-state index in [0.717, 1.165) is 5.00 Å². The minimum Gasteiger partial charge on any atom is -0.369 e. The number of hydrogen-bond acceptors (Lipinski definition) is 5. The Morgan fingerprint density at radius 1 is 1.47 bits per heavy atom. The van der Waals surface area contributed by atoms with Crippen molar-refractivity contribution < 1.29 is 4.79 Å². The molecule has 3 N–H and O–H groups in total. The molecule has 0 radical (unpaired) electrons. The first-order valence-electron chi connectivity index (χ1n) is 4.92. The number of nitrogens with zero attached hydrogens (tertiary/aromatic N) is 2. The van der Waals surface area contributed by atoms with E-state index in [1.165, 1.54) is 16.2 Å². The van der Waals surface area contributed by atoms with Crippen molar-refractivity contribution in [2.75, 3.05) is 10.6 Å². The van der Waals surface area contributed by atoms with Crippen molar-refractivity contribution in [1.29, 1.82) is 0 Å². The Kier molecular flexibility index (Phi) is 2.02. The molecule has 0 saturated carbocycles. The van der Waals surface area contributed by atoms with Crippen LogP contribution in [0.25, 0.3) is 0 Å². The molecule has 0 aromatic carbocycles. The minimum atomic E-state index is -0.347. The van der Waals surface area contributed by atoms with Crippen LogP contribution in [0.15, 0.2) is 22.3 Å². The second-order valence-electron chi connectivity index (χ2n) is 3.61. The third-order valence-corrected chi connectivity index (χ3v) is 3.38. The van der Waals surface area contributed by atoms with Gasteiger partial charge in [-0.3, -0.25) is 19.5 Å². The molecule has 0 bridgehead atoms. The van der Waals surface area contributed by atoms with Gasteiger partial charge in [-0.15, -0.1) is 11.3 Å². The maximum absolute atomic E-state index is 11.9. The molecule has 7 heteroatoms. The van der Waals surface area contributed by atoms with Gasteiger partial charge in [0.2, 0.25) is 11.9 Å². The number of anilines is 3. The lowest BCUT2D eigenvalue weighted by Gasteiger charge is -2.13. The number of fused-ring (bicyclic) bond motifs is 1. The molecule has 86 valence electrons. The average molecular weight is 248 g/mol. The number of hydrogen-bond donors (Lipinski definition) is 2. The van der Waals surface area contributed by atoms with Crippen LogP contribution in [0.4, 0.5) is 16.8 Å². The van der Waals surface area contributed by atoms with Gasteiger partial charge in [-0.1, -0.05) is 0 Å². The third-order valence-electron chi connectivity index (χ3n) is 2.53. The van der Waals surface area contributed by atoms with Gasteiger partial charge in [0, 0.05) is 0 Å². The molecule has 0 saturated heterocycles. The number of amides is 1. The van der Waals surface area contributed by atoms with Gasteiger partial charge >= 0.3 is 0 Å². The number of carbonyl (C=O) groups excluding carboxylic acids is 1. The Bertz CT molecular complexity index is 647. The number of aromatic nitrogens is 2. The van der Waals surface area contributed by atoms with Crippen LogP contribution in [0.3, 0.4) is 0 Å². The molecule has 17 heavy (non-hydrogen) atoms. The van der Waals surface area contributed by atoms with Gasteiger partial charge in [0.1, 0.15) is 5.00 Å². The van der Waals surface area contributed by atoms with E-state index in [0.29, 0.717) is 11.4 Å². The van der Waals surface area contributed by atoms with E-state index in [2.05, 4.69) is 9.97 Å². The average Bonchev–Trinajstić information content (AvgIpc) is 2.84. The number of thiophene rings is 1. The summed E-state index contributed by atoms with van der Waals surface area (Å²) in [6.07, 6.45) is 0.0653. The van der Waals surface area contributed by atoms with E-state index in [1.54, 1.807) is 6.07 Å². The summed E-state index contributed by atoms with van der Waals surface area (Å²) in [5.74, 6) is 0.203. The zero-order valence-electron chi connectivity index (χ0n) is 8.64. The predicted molar refractivity (Wildman–Crippen MR) is 64.4 cm³/mol. The molecule has 2 aromatic rings. The lowest BCUT2D eigenvalue weighted by molar-refractivity contribution is -0.116. The van der Waals surface area contributed by atoms with Crippen molar-refractivity contribution in [3.63, 3.8) is 0 Å². The zero-order valence-corrected chi connectivity index (χ0v) is 9.45. The molecular weight excluding hydrogens is 240 g/mol. The number of aromatic amines is 1. The molecule has 0 atom stereocenters. The van der Waals surface area contributed by atoms with E-state index in [-0.39, 0.29) is 23.8 Å². The number of nitrogens with two attached hydrogens (primary N) is 1. The second-order valence-corrected chi connectivity index (χ2v) is 4.54. The first-order valence-corrected chi connectivity index (χ1v) is 5.80. The Balaban J connectivity index is 2.23. The van der Waals surface area contributed by atoms with E-state index in [9.17, 15) is 9.59 Å². The van der Waals surface area contributed by atoms with Gasteiger partial charge < -0.3 is 5.73 Å². The SMILES string of the molecule is Nc1nc2c(c(=O)[nH]1)CC(=O)N2c1cccs1. The summed E-state index contributed by atoms with van der Waals surface area (Å²) in [6, 6.07) is 3.64. The Hall–Kier alpha value is -2.15. The van der Waals surface area contributed by atoms with Gasteiger partial charge in [0.15, 0.2) is 5.82 Å². The van der Waals surface area contributed by atoms with Crippen molar-refractivity contribution in [2.45, 2.75) is 6.42 Å². The quantitative estimate of drug-likeness (QED) is 0.774. The Morgan fingerprint density at radius 2 is 2.29 bits per heavy atom. The van der Waals surface area contributed by atoms with Crippen LogP contribution < -0.4 is 16.2 Å². The number of H-pyrrole nitrogens is 1. The van der Waals surface area contributed by atoms with Crippen molar-refractivity contribution in [2.24, 2.45) is 0 Å². The Labute approximate surface area is 99.7 Å². The first kappa shape index (κ1) is 10.0. The molecule has 1 aliphatic heterocycles. The molecule has 3 heterocycles. The minimum absolute atomic E-state index is 0.0185. The van der Waals surface area contributed by atoms with Crippen LogP contribution in [0.5, 0.6) is 0 Å². The fourth-order valence-electron chi connectivity index (χ4n) is 1.82. The number of nitrogens with one attached hydrogen (secondary N) is 1. The molecule has 0 fully saturated rings. The van der Waals surface area contributed by atoms with Crippen molar-refractivity contribution in [3.8, 4) is 0 Å². The topological polar surface area (TPSA) is 92.1 Å². The summed E-state index contributed by atoms with van der Waals surface area (Å²) < 4.78 is 0. The van der Waals surface area contributed by atoms with Crippen LogP contribution in [0.1, 0.15) is 5.56 Å². The van der Waals surface area contributed by atoms with Crippen LogP contribution in [-0.4, -0.2) is 15.9 Å². The number of carbonyl (C=O) groups is 1. The molecule has 2 aromatic heterocycles. The van der Waals surface area contributed by atoms with Gasteiger partial charge in [-0.05, 0) is 17.5 Å². The summed E-state index contributed by atoms with van der Waals surface area (Å²) >= 11 is 1.41. The third kappa shape index (κ3) is 1.43. The van der Waals surface area contributed by atoms with Gasteiger partial charge in [0.05, 0.1) is 12.0 Å². The summed E-state index contributed by atoms with van der Waals surface area (Å²) in [4.78, 5) is 31.4. The van der Waals surface area contributed by atoms with E-state index < -0.39 is 0 Å². The second kappa shape index (κ2) is 3.42. The van der Waals surface area contributed by atoms with Crippen molar-refractivity contribution >= 4 is 34.0 Å². The molecule has 1 amide bonds. The largest absolute Gasteiger partial charge is 0.369 e. The summed E-state index contributed by atoms with van der Waals surface area (Å²) in [5.41, 5.74) is 5.52. The maximum atomic E-state index is 11.9. The standard InChI is InChI=1S/C10H8N4O2S/c11-10-12-8-5(9(16)13-10)4-6(15)14(8)7-2-1-3-17-7/h1-3H,4H2,(H3,11,12,13,16). The summed E-state index contributed by atoms with van der Waals surface area (Å²) in [6.45, 7) is 0. The molecule has 1 aliphatic rings. The van der Waals surface area contributed by atoms with E-state index >= 15 is 0 Å². The molecular formula is C10H8N4O2S. The smallest absolute Gasteiger partial charge is 0.258 e. The summed E-state index contributed by atoms with van der Waals surface area (Å²) in [5, 5.41) is 2.60. The van der Waals surface area contributed by atoms with Crippen LogP contribution in [0.2, 0.25) is 0 Å². The number of nitrogen functional groups attached to an aromatic ring is 1. The van der Waals surface area contributed by atoms with Gasteiger partial charge in [-0.2, -0.15) is 4.98 Å². The lowest BCUT2D eigenvalue weighted by atomic mass is 10.3. The van der Waals surface area contributed by atoms with Gasteiger partial charge in [-0.25, -0.2) is 0 Å². The lowest BCUT2D eigenvalue weighted by Crippen LogP contribution is -2.21. The molecule has 6 nitrogen and oxygen atoms in total. The van der Waals surface area contributed by atoms with Gasteiger partial charge in [0.25, 0.3) is 5.56 Å². The Morgan fingerprint density at radius 3 is 3.00 bits per heavy atom. The fraction of sp³-hybridized carbons (Fsp3) is 0.100.